The number of rotatable bonds is 2. The van der Waals surface area contributed by atoms with Crippen LogP contribution in [0.5, 0.6) is 6.01 Å². The molecule has 0 aromatic carbocycles. The Morgan fingerprint density at radius 1 is 1.42 bits per heavy atom. The van der Waals surface area contributed by atoms with Gasteiger partial charge >= 0.3 is 6.01 Å². The molecule has 102 valence electrons. The van der Waals surface area contributed by atoms with E-state index in [1.165, 1.54) is 18.4 Å². The van der Waals surface area contributed by atoms with Crippen LogP contribution in [0.3, 0.4) is 0 Å². The second kappa shape index (κ2) is 4.81. The molecular weight excluding hydrogens is 240 g/mol. The highest BCUT2D eigenvalue weighted by atomic mass is 16.5. The Kier molecular flexibility index (Phi) is 3.14. The zero-order valence-corrected chi connectivity index (χ0v) is 11.7. The first-order valence-corrected chi connectivity index (χ1v) is 6.79. The predicted octanol–water partition coefficient (Wildman–Crippen LogP) is 1.75. The van der Waals surface area contributed by atoms with Gasteiger partial charge < -0.3 is 14.6 Å². The van der Waals surface area contributed by atoms with Gasteiger partial charge in [-0.15, -0.1) is 0 Å². The number of fused-ring (bicyclic) bond motifs is 1. The zero-order valence-electron chi connectivity index (χ0n) is 11.7. The summed E-state index contributed by atoms with van der Waals surface area (Å²) in [6.07, 6.45) is 4.64. The lowest BCUT2D eigenvalue weighted by atomic mass is 9.93. The Morgan fingerprint density at radius 3 is 2.95 bits per heavy atom. The average Bonchev–Trinajstić information content (AvgIpc) is 2.77. The maximum atomic E-state index is 5.21. The van der Waals surface area contributed by atoms with Gasteiger partial charge in [0.25, 0.3) is 0 Å². The number of hydrogen-bond acceptors (Lipinski definition) is 4. The van der Waals surface area contributed by atoms with Crippen LogP contribution >= 0.6 is 0 Å². The van der Waals surface area contributed by atoms with E-state index in [2.05, 4.69) is 33.1 Å². The fraction of sp³-hybridized carbons (Fsp3) is 0.571. The van der Waals surface area contributed by atoms with Crippen molar-refractivity contribution in [1.82, 2.24) is 19.9 Å². The lowest BCUT2D eigenvalue weighted by molar-refractivity contribution is 0.380. The molecule has 1 fully saturated rings. The van der Waals surface area contributed by atoms with Crippen LogP contribution in [-0.4, -0.2) is 34.7 Å². The molecule has 1 N–H and O–H groups in total. The molecule has 1 saturated heterocycles. The van der Waals surface area contributed by atoms with E-state index >= 15 is 0 Å². The normalized spacial score (nSPS) is 19.8. The number of nitrogens with one attached hydrogen (secondary N) is 1. The minimum atomic E-state index is 0.459. The Morgan fingerprint density at radius 2 is 2.26 bits per heavy atom. The third-order valence-corrected chi connectivity index (χ3v) is 3.92. The predicted molar refractivity (Wildman–Crippen MR) is 74.6 cm³/mol. The van der Waals surface area contributed by atoms with Crippen LogP contribution in [0.15, 0.2) is 6.20 Å². The van der Waals surface area contributed by atoms with Crippen LogP contribution < -0.4 is 10.1 Å². The first-order chi connectivity index (χ1) is 9.20. The van der Waals surface area contributed by atoms with E-state index in [1.807, 2.05) is 6.92 Å². The molecule has 0 bridgehead atoms. The van der Waals surface area contributed by atoms with Crippen molar-refractivity contribution in [2.45, 2.75) is 25.7 Å². The molecule has 1 aliphatic rings. The molecule has 3 rings (SSSR count). The minimum absolute atomic E-state index is 0.459. The molecule has 19 heavy (non-hydrogen) atoms. The van der Waals surface area contributed by atoms with E-state index in [0.717, 1.165) is 29.8 Å². The largest absolute Gasteiger partial charge is 0.467 e. The van der Waals surface area contributed by atoms with E-state index in [4.69, 9.17) is 4.74 Å². The quantitative estimate of drug-likeness (QED) is 0.894. The number of ether oxygens (including phenoxy) is 1. The molecule has 5 nitrogen and oxygen atoms in total. The molecular formula is C14H20N4O. The Bertz CT molecular complexity index is 599. The smallest absolute Gasteiger partial charge is 0.317 e. The van der Waals surface area contributed by atoms with Gasteiger partial charge in [-0.05, 0) is 26.3 Å². The van der Waals surface area contributed by atoms with E-state index in [1.54, 1.807) is 7.11 Å². The molecule has 1 unspecified atom stereocenters. The van der Waals surface area contributed by atoms with E-state index in [9.17, 15) is 0 Å². The van der Waals surface area contributed by atoms with Gasteiger partial charge in [-0.1, -0.05) is 0 Å². The van der Waals surface area contributed by atoms with Crippen LogP contribution in [0.4, 0.5) is 0 Å². The van der Waals surface area contributed by atoms with Crippen LogP contribution in [0.2, 0.25) is 0 Å². The number of aryl methyl sites for hydroxylation is 2. The number of hydrogen-bond donors (Lipinski definition) is 1. The fourth-order valence-electron chi connectivity index (χ4n) is 3.01. The highest BCUT2D eigenvalue weighted by Gasteiger charge is 2.22. The summed E-state index contributed by atoms with van der Waals surface area (Å²) in [5, 5.41) is 3.47. The Labute approximate surface area is 113 Å². The molecule has 0 spiro atoms. The Balaban J connectivity index is 2.16. The fourth-order valence-corrected chi connectivity index (χ4v) is 3.01. The monoisotopic (exact) mass is 260 g/mol. The van der Waals surface area contributed by atoms with Gasteiger partial charge in [0, 0.05) is 31.3 Å². The van der Waals surface area contributed by atoms with Crippen LogP contribution in [0, 0.1) is 6.92 Å². The first kappa shape index (κ1) is 12.4. The van der Waals surface area contributed by atoms with Crippen molar-refractivity contribution in [1.29, 1.82) is 0 Å². The first-order valence-electron chi connectivity index (χ1n) is 6.79. The minimum Gasteiger partial charge on any atom is -0.467 e. The van der Waals surface area contributed by atoms with E-state index in [0.29, 0.717) is 11.9 Å². The van der Waals surface area contributed by atoms with Crippen molar-refractivity contribution < 1.29 is 4.74 Å². The molecule has 1 atom stereocenters. The molecule has 0 saturated carbocycles. The molecule has 0 radical (unpaired) electrons. The van der Waals surface area contributed by atoms with E-state index < -0.39 is 0 Å². The highest BCUT2D eigenvalue weighted by molar-refractivity contribution is 5.82. The van der Waals surface area contributed by atoms with Crippen molar-refractivity contribution in [2.24, 2.45) is 7.05 Å². The molecule has 5 heteroatoms. The van der Waals surface area contributed by atoms with Crippen molar-refractivity contribution in [3.05, 3.63) is 17.5 Å². The zero-order chi connectivity index (χ0) is 13.4. The number of aromatic nitrogens is 3. The lowest BCUT2D eigenvalue weighted by Crippen LogP contribution is -2.28. The molecule has 3 heterocycles. The standard InChI is InChI=1S/C14H20N4O/c1-9-13-12(17-14(16-9)19-3)11(8-18(13)2)10-5-4-6-15-7-10/h8,10,15H,4-7H2,1-3H3. The topological polar surface area (TPSA) is 52.0 Å². The lowest BCUT2D eigenvalue weighted by Gasteiger charge is -2.22. The van der Waals surface area contributed by atoms with E-state index in [-0.39, 0.29) is 0 Å². The van der Waals surface area contributed by atoms with Crippen molar-refractivity contribution in [3.8, 4) is 6.01 Å². The van der Waals surface area contributed by atoms with Gasteiger partial charge in [0.05, 0.1) is 23.8 Å². The van der Waals surface area contributed by atoms with Crippen LogP contribution in [0.25, 0.3) is 11.0 Å². The Hall–Kier alpha value is -1.62. The maximum absolute atomic E-state index is 5.21. The van der Waals surface area contributed by atoms with Gasteiger partial charge in [0.2, 0.25) is 0 Å². The molecule has 0 aliphatic carbocycles. The molecule has 0 amide bonds. The van der Waals surface area contributed by atoms with Gasteiger partial charge in [-0.25, -0.2) is 0 Å². The van der Waals surface area contributed by atoms with Crippen molar-refractivity contribution >= 4 is 11.0 Å². The summed E-state index contributed by atoms with van der Waals surface area (Å²) in [5.74, 6) is 0.538. The van der Waals surface area contributed by atoms with Crippen molar-refractivity contribution in [3.63, 3.8) is 0 Å². The molecule has 1 aliphatic heterocycles. The van der Waals surface area contributed by atoms with Crippen LogP contribution in [-0.2, 0) is 7.05 Å². The van der Waals surface area contributed by atoms with Gasteiger partial charge in [-0.3, -0.25) is 0 Å². The summed E-state index contributed by atoms with van der Waals surface area (Å²) in [4.78, 5) is 8.94. The summed E-state index contributed by atoms with van der Waals surface area (Å²) in [6, 6.07) is 0.459. The van der Waals surface area contributed by atoms with Gasteiger partial charge in [-0.2, -0.15) is 9.97 Å². The van der Waals surface area contributed by atoms with Crippen LogP contribution in [0.1, 0.15) is 30.0 Å². The number of nitrogens with zero attached hydrogens (tertiary/aromatic N) is 3. The maximum Gasteiger partial charge on any atom is 0.317 e. The molecule has 2 aromatic heterocycles. The third-order valence-electron chi connectivity index (χ3n) is 3.92. The van der Waals surface area contributed by atoms with Crippen molar-refractivity contribution in [2.75, 3.05) is 20.2 Å². The summed E-state index contributed by atoms with van der Waals surface area (Å²) in [6.45, 7) is 4.17. The molecule has 2 aromatic rings. The third kappa shape index (κ3) is 2.08. The SMILES string of the molecule is COc1nc(C)c2c(n1)c(C1CCCNC1)cn2C. The average molecular weight is 260 g/mol. The second-order valence-electron chi connectivity index (χ2n) is 5.23. The van der Waals surface area contributed by atoms with Gasteiger partial charge in [0.15, 0.2) is 0 Å². The number of methoxy groups -OCH3 is 1. The summed E-state index contributed by atoms with van der Waals surface area (Å²) in [7, 11) is 3.68. The number of piperidine rings is 1. The second-order valence-corrected chi connectivity index (χ2v) is 5.23. The summed E-state index contributed by atoms with van der Waals surface area (Å²) in [5.41, 5.74) is 4.44. The summed E-state index contributed by atoms with van der Waals surface area (Å²) >= 11 is 0. The highest BCUT2D eigenvalue weighted by Crippen LogP contribution is 2.31. The van der Waals surface area contributed by atoms with Gasteiger partial charge in [0.1, 0.15) is 0 Å². The summed E-state index contributed by atoms with van der Waals surface area (Å²) < 4.78 is 7.34.